The molecule has 1 aromatic rings. The molecule has 0 aromatic heterocycles. The van der Waals surface area contributed by atoms with Gasteiger partial charge in [-0.1, -0.05) is 6.07 Å². The van der Waals surface area contributed by atoms with Gasteiger partial charge in [0.25, 0.3) is 5.91 Å². The van der Waals surface area contributed by atoms with Gasteiger partial charge in [0.05, 0.1) is 18.1 Å². The van der Waals surface area contributed by atoms with Crippen molar-refractivity contribution in [3.05, 3.63) is 29.8 Å². The first-order chi connectivity index (χ1) is 11.5. The number of amides is 1. The molecule has 0 bridgehead atoms. The zero-order chi connectivity index (χ0) is 17.2. The van der Waals surface area contributed by atoms with Gasteiger partial charge >= 0.3 is 0 Å². The summed E-state index contributed by atoms with van der Waals surface area (Å²) in [5.41, 5.74) is 6.32. The monoisotopic (exact) mass is 389 g/mol. The first-order valence-electron chi connectivity index (χ1n) is 8.21. The van der Waals surface area contributed by atoms with E-state index in [-0.39, 0.29) is 29.3 Å². The van der Waals surface area contributed by atoms with E-state index in [0.717, 1.165) is 12.8 Å². The number of nitrogens with two attached hydrogens (primary N) is 1. The van der Waals surface area contributed by atoms with Crippen molar-refractivity contribution in [3.8, 4) is 0 Å². The lowest BCUT2D eigenvalue weighted by atomic mass is 10.1. The Morgan fingerprint density at radius 1 is 1.20 bits per heavy atom. The minimum atomic E-state index is -3.60. The summed E-state index contributed by atoms with van der Waals surface area (Å²) in [6.07, 6.45) is 1.79. The molecule has 2 heterocycles. The molecule has 0 radical (unpaired) electrons. The fourth-order valence-corrected chi connectivity index (χ4v) is 4.56. The first-order valence-corrected chi connectivity index (χ1v) is 9.65. The van der Waals surface area contributed by atoms with Crippen LogP contribution in [0.4, 0.5) is 0 Å². The number of halogens is 1. The fourth-order valence-electron chi connectivity index (χ4n) is 3.10. The van der Waals surface area contributed by atoms with Crippen LogP contribution in [0.5, 0.6) is 0 Å². The zero-order valence-electron chi connectivity index (χ0n) is 14.0. The van der Waals surface area contributed by atoms with Crippen molar-refractivity contribution in [1.29, 1.82) is 0 Å². The number of benzene rings is 1. The Morgan fingerprint density at radius 3 is 2.60 bits per heavy atom. The number of piperidine rings is 1. The molecule has 140 valence electrons. The van der Waals surface area contributed by atoms with Gasteiger partial charge < -0.3 is 15.4 Å². The second kappa shape index (κ2) is 8.46. The molecule has 25 heavy (non-hydrogen) atoms. The van der Waals surface area contributed by atoms with E-state index in [1.807, 2.05) is 0 Å². The SMILES string of the molecule is Cl.NC1CCCN(C(=O)c2cccc(S(=O)(=O)N3CCOCC3)c2)C1. The molecule has 1 unspecified atom stereocenters. The molecule has 2 fully saturated rings. The summed E-state index contributed by atoms with van der Waals surface area (Å²) < 4.78 is 32.0. The summed E-state index contributed by atoms with van der Waals surface area (Å²) >= 11 is 0. The predicted octanol–water partition coefficient (Wildman–Crippen LogP) is 0.693. The van der Waals surface area contributed by atoms with Crippen molar-refractivity contribution >= 4 is 28.3 Å². The summed E-state index contributed by atoms with van der Waals surface area (Å²) in [6, 6.07) is 6.25. The Bertz CT molecular complexity index is 707. The maximum Gasteiger partial charge on any atom is 0.253 e. The number of carbonyl (C=O) groups excluding carboxylic acids is 1. The maximum absolute atomic E-state index is 12.7. The van der Waals surface area contributed by atoms with Gasteiger partial charge in [0.1, 0.15) is 0 Å². The molecule has 2 aliphatic rings. The summed E-state index contributed by atoms with van der Waals surface area (Å²) in [7, 11) is -3.60. The minimum Gasteiger partial charge on any atom is -0.379 e. The van der Waals surface area contributed by atoms with Crippen LogP contribution in [-0.4, -0.2) is 69.0 Å². The minimum absolute atomic E-state index is 0. The Morgan fingerprint density at radius 2 is 1.92 bits per heavy atom. The number of hydrogen-bond acceptors (Lipinski definition) is 5. The Kier molecular flexibility index (Phi) is 6.81. The van der Waals surface area contributed by atoms with Crippen LogP contribution in [0.25, 0.3) is 0 Å². The van der Waals surface area contributed by atoms with E-state index in [9.17, 15) is 13.2 Å². The molecule has 1 aromatic carbocycles. The van der Waals surface area contributed by atoms with Crippen molar-refractivity contribution in [1.82, 2.24) is 9.21 Å². The largest absolute Gasteiger partial charge is 0.379 e. The lowest BCUT2D eigenvalue weighted by molar-refractivity contribution is 0.0707. The number of ether oxygens (including phenoxy) is 1. The number of carbonyl (C=O) groups is 1. The highest BCUT2D eigenvalue weighted by molar-refractivity contribution is 7.89. The van der Waals surface area contributed by atoms with Crippen LogP contribution >= 0.6 is 12.4 Å². The second-order valence-electron chi connectivity index (χ2n) is 6.20. The van der Waals surface area contributed by atoms with Gasteiger partial charge in [0, 0.05) is 37.8 Å². The van der Waals surface area contributed by atoms with Gasteiger partial charge in [-0.05, 0) is 31.0 Å². The smallest absolute Gasteiger partial charge is 0.253 e. The lowest BCUT2D eigenvalue weighted by Crippen LogP contribution is -2.45. The van der Waals surface area contributed by atoms with Crippen LogP contribution in [0.2, 0.25) is 0 Å². The van der Waals surface area contributed by atoms with Crippen LogP contribution in [0.15, 0.2) is 29.2 Å². The summed E-state index contributed by atoms with van der Waals surface area (Å²) in [6.45, 7) is 2.63. The highest BCUT2D eigenvalue weighted by Crippen LogP contribution is 2.20. The first kappa shape index (κ1) is 20.1. The van der Waals surface area contributed by atoms with Gasteiger partial charge in [0.15, 0.2) is 0 Å². The molecule has 2 aliphatic heterocycles. The van der Waals surface area contributed by atoms with E-state index in [1.54, 1.807) is 17.0 Å². The molecule has 7 nitrogen and oxygen atoms in total. The molecule has 2 N–H and O–H groups in total. The van der Waals surface area contributed by atoms with Gasteiger partial charge in [-0.15, -0.1) is 12.4 Å². The average Bonchev–Trinajstić information content (AvgIpc) is 2.62. The van der Waals surface area contributed by atoms with E-state index in [4.69, 9.17) is 10.5 Å². The third-order valence-electron chi connectivity index (χ3n) is 4.43. The highest BCUT2D eigenvalue weighted by atomic mass is 35.5. The van der Waals surface area contributed by atoms with Gasteiger partial charge in [0.2, 0.25) is 10.0 Å². The third-order valence-corrected chi connectivity index (χ3v) is 6.33. The topological polar surface area (TPSA) is 92.9 Å². The van der Waals surface area contributed by atoms with Gasteiger partial charge in [-0.2, -0.15) is 4.31 Å². The lowest BCUT2D eigenvalue weighted by Gasteiger charge is -2.31. The normalized spacial score (nSPS) is 22.3. The molecule has 0 spiro atoms. The summed E-state index contributed by atoms with van der Waals surface area (Å²) in [5, 5.41) is 0. The van der Waals surface area contributed by atoms with E-state index in [0.29, 0.717) is 45.0 Å². The average molecular weight is 390 g/mol. The molecule has 3 rings (SSSR count). The molecule has 1 amide bonds. The number of likely N-dealkylation sites (tertiary alicyclic amines) is 1. The van der Waals surface area contributed by atoms with Crippen molar-refractivity contribution < 1.29 is 17.9 Å². The second-order valence-corrected chi connectivity index (χ2v) is 8.14. The number of rotatable bonds is 3. The molecular weight excluding hydrogens is 366 g/mol. The van der Waals surface area contributed by atoms with Crippen LogP contribution in [0.1, 0.15) is 23.2 Å². The van der Waals surface area contributed by atoms with Crippen molar-refractivity contribution in [2.75, 3.05) is 39.4 Å². The number of nitrogens with zero attached hydrogens (tertiary/aromatic N) is 2. The van der Waals surface area contributed by atoms with E-state index in [1.165, 1.54) is 16.4 Å². The van der Waals surface area contributed by atoms with Crippen molar-refractivity contribution in [3.63, 3.8) is 0 Å². The molecule has 0 saturated carbocycles. The molecule has 1 atom stereocenters. The Balaban J connectivity index is 0.00000225. The van der Waals surface area contributed by atoms with Crippen molar-refractivity contribution in [2.24, 2.45) is 5.73 Å². The number of morpholine rings is 1. The predicted molar refractivity (Wildman–Crippen MR) is 96.4 cm³/mol. The maximum atomic E-state index is 12.7. The van der Waals surface area contributed by atoms with Crippen molar-refractivity contribution in [2.45, 2.75) is 23.8 Å². The van der Waals surface area contributed by atoms with Crippen LogP contribution in [0, 0.1) is 0 Å². The summed E-state index contributed by atoms with van der Waals surface area (Å²) in [5.74, 6) is -0.163. The quantitative estimate of drug-likeness (QED) is 0.821. The molecule has 2 saturated heterocycles. The Labute approximate surface area is 154 Å². The van der Waals surface area contributed by atoms with E-state index in [2.05, 4.69) is 0 Å². The van der Waals surface area contributed by atoms with E-state index >= 15 is 0 Å². The van der Waals surface area contributed by atoms with Crippen LogP contribution < -0.4 is 5.73 Å². The zero-order valence-corrected chi connectivity index (χ0v) is 15.6. The summed E-state index contributed by atoms with van der Waals surface area (Å²) in [4.78, 5) is 14.5. The highest BCUT2D eigenvalue weighted by Gasteiger charge is 2.28. The number of sulfonamides is 1. The number of hydrogen-bond donors (Lipinski definition) is 1. The molecular formula is C16H24ClN3O4S. The fraction of sp³-hybridized carbons (Fsp3) is 0.562. The van der Waals surface area contributed by atoms with Crippen LogP contribution in [-0.2, 0) is 14.8 Å². The molecule has 0 aliphatic carbocycles. The standard InChI is InChI=1S/C16H23N3O4S.ClH/c17-14-4-2-6-18(12-14)16(20)13-3-1-5-15(11-13)24(21,22)19-7-9-23-10-8-19;/h1,3,5,11,14H,2,4,6-10,12,17H2;1H. The van der Waals surface area contributed by atoms with E-state index < -0.39 is 10.0 Å². The molecule has 9 heteroatoms. The third kappa shape index (κ3) is 4.51. The Hall–Kier alpha value is -1.19. The van der Waals surface area contributed by atoms with Crippen LogP contribution in [0.3, 0.4) is 0 Å². The van der Waals surface area contributed by atoms with Gasteiger partial charge in [-0.25, -0.2) is 8.42 Å². The van der Waals surface area contributed by atoms with Gasteiger partial charge in [-0.3, -0.25) is 4.79 Å².